The summed E-state index contributed by atoms with van der Waals surface area (Å²) in [4.78, 5) is 0. The minimum absolute atomic E-state index is 0.738. The molecule has 0 heterocycles. The third-order valence-corrected chi connectivity index (χ3v) is 21.6. The van der Waals surface area contributed by atoms with Gasteiger partial charge in [0.15, 0.2) is 16.6 Å². The van der Waals surface area contributed by atoms with Gasteiger partial charge in [0, 0.05) is 7.10 Å². The van der Waals surface area contributed by atoms with Gasteiger partial charge in [-0.15, -0.1) is 0 Å². The van der Waals surface area contributed by atoms with E-state index in [1.54, 1.807) is 0 Å². The van der Waals surface area contributed by atoms with Crippen molar-refractivity contribution >= 4 is 61.8 Å². The molecule has 0 fully saturated rings. The number of hydrogen-bond acceptors (Lipinski definition) is 1. The summed E-state index contributed by atoms with van der Waals surface area (Å²) >= 11 is 5.16. The molecule has 0 saturated carbocycles. The molecule has 5 heteroatoms. The van der Waals surface area contributed by atoms with E-state index < -0.39 is 16.6 Å². The molecule has 0 bridgehead atoms. The fourth-order valence-electron chi connectivity index (χ4n) is 1.79. The van der Waals surface area contributed by atoms with Crippen molar-refractivity contribution in [3.05, 3.63) is 0 Å². The Hall–Kier alpha value is 1.85. The summed E-state index contributed by atoms with van der Waals surface area (Å²) in [5, 5.41) is 0. The van der Waals surface area contributed by atoms with Crippen LogP contribution in [0.5, 0.6) is 0 Å². The second-order valence-electron chi connectivity index (χ2n) is 5.06. The van der Waals surface area contributed by atoms with Gasteiger partial charge in [0.25, 0.3) is 0 Å². The second-order valence-corrected chi connectivity index (χ2v) is 19.0. The summed E-state index contributed by atoms with van der Waals surface area (Å²) in [7, 11) is -2.96. The predicted molar refractivity (Wildman–Crippen MR) is 92.2 cm³/mol. The molecule has 0 N–H and O–H groups in total. The summed E-state index contributed by atoms with van der Waals surface area (Å²) in [6.07, 6.45) is 2.48. The lowest BCUT2D eigenvalue weighted by Crippen LogP contribution is -2.54. The monoisotopic (exact) mass is 470 g/mol. The zero-order valence-electron chi connectivity index (χ0n) is 10.7. The van der Waals surface area contributed by atoms with Crippen LogP contribution in [0.15, 0.2) is 0 Å². The predicted octanol–water partition coefficient (Wildman–Crippen LogP) is 4.92. The fraction of sp³-hybridized carbons (Fsp3) is 1.00. The molecule has 0 aliphatic heterocycles. The van der Waals surface area contributed by atoms with Crippen LogP contribution in [-0.4, -0.2) is 23.7 Å². The van der Waals surface area contributed by atoms with Gasteiger partial charge in [0.2, 0.25) is 0 Å². The maximum absolute atomic E-state index is 6.59. The quantitative estimate of drug-likeness (QED) is 0.304. The first-order chi connectivity index (χ1) is 6.67. The van der Waals surface area contributed by atoms with Crippen LogP contribution in [0.1, 0.15) is 26.7 Å². The van der Waals surface area contributed by atoms with Gasteiger partial charge in [0.1, 0.15) is 0 Å². The van der Waals surface area contributed by atoms with E-state index in [2.05, 4.69) is 85.2 Å². The van der Waals surface area contributed by atoms with Gasteiger partial charge in [-0.25, -0.2) is 0 Å². The number of rotatable bonds is 6. The molecule has 2 atom stereocenters. The molecule has 0 amide bonds. The van der Waals surface area contributed by atoms with Gasteiger partial charge in [-0.3, -0.25) is 0 Å². The fourth-order valence-corrected chi connectivity index (χ4v) is 12.5. The Balaban J connectivity index is 4.56. The smallest absolute Gasteiger partial charge is 0.186 e. The van der Waals surface area contributed by atoms with Crippen molar-refractivity contribution in [1.82, 2.24) is 0 Å². The SMILES string of the molecule is CCC(I)[Si](C)(C)O[Si](C)(C)C(I)CC. The van der Waals surface area contributed by atoms with Crippen molar-refractivity contribution in [2.24, 2.45) is 0 Å². The highest BCUT2D eigenvalue weighted by Gasteiger charge is 2.40. The molecular formula is C10H24I2OSi2. The first-order valence-electron chi connectivity index (χ1n) is 5.65. The minimum Gasteiger partial charge on any atom is -0.454 e. The first kappa shape index (κ1) is 16.9. The van der Waals surface area contributed by atoms with Gasteiger partial charge < -0.3 is 4.12 Å². The highest BCUT2D eigenvalue weighted by Crippen LogP contribution is 2.29. The van der Waals surface area contributed by atoms with E-state index in [-0.39, 0.29) is 0 Å². The number of halogens is 2. The van der Waals surface area contributed by atoms with Gasteiger partial charge in [-0.1, -0.05) is 59.0 Å². The molecule has 92 valence electrons. The van der Waals surface area contributed by atoms with Crippen molar-refractivity contribution in [3.63, 3.8) is 0 Å². The Morgan fingerprint density at radius 3 is 1.33 bits per heavy atom. The molecule has 1 nitrogen and oxygen atoms in total. The number of hydrogen-bond donors (Lipinski definition) is 0. The van der Waals surface area contributed by atoms with E-state index in [1.165, 1.54) is 12.8 Å². The van der Waals surface area contributed by atoms with Crippen LogP contribution in [0.3, 0.4) is 0 Å². The van der Waals surface area contributed by atoms with Crippen LogP contribution in [0, 0.1) is 0 Å². The Morgan fingerprint density at radius 2 is 1.13 bits per heavy atom. The third-order valence-electron chi connectivity index (χ3n) is 2.75. The van der Waals surface area contributed by atoms with Crippen LogP contribution in [-0.2, 0) is 4.12 Å². The molecule has 2 unspecified atom stereocenters. The van der Waals surface area contributed by atoms with Crippen LogP contribution >= 0.6 is 45.2 Å². The van der Waals surface area contributed by atoms with Gasteiger partial charge in [0.05, 0.1) is 0 Å². The molecule has 0 rings (SSSR count). The summed E-state index contributed by atoms with van der Waals surface area (Å²) in [6, 6.07) is 0. The third kappa shape index (κ3) is 5.35. The Bertz CT molecular complexity index is 178. The van der Waals surface area contributed by atoms with Crippen LogP contribution in [0.2, 0.25) is 26.2 Å². The molecule has 0 aromatic heterocycles. The molecule has 0 aromatic rings. The van der Waals surface area contributed by atoms with E-state index in [9.17, 15) is 0 Å². The number of alkyl halides is 2. The molecule has 0 aliphatic rings. The minimum atomic E-state index is -1.48. The van der Waals surface area contributed by atoms with Crippen molar-refractivity contribution in [2.45, 2.75) is 60.0 Å². The largest absolute Gasteiger partial charge is 0.454 e. The van der Waals surface area contributed by atoms with Crippen LogP contribution in [0.4, 0.5) is 0 Å². The van der Waals surface area contributed by atoms with Crippen LogP contribution < -0.4 is 0 Å². The molecule has 0 saturated heterocycles. The standard InChI is InChI=1S/C10H24I2OSi2/c1-7-9(11)14(3,4)13-15(5,6)10(12)8-2/h9-10H,7-8H2,1-6H3. The van der Waals surface area contributed by atoms with Crippen molar-refractivity contribution in [1.29, 1.82) is 0 Å². The highest BCUT2D eigenvalue weighted by atomic mass is 127. The summed E-state index contributed by atoms with van der Waals surface area (Å²) in [5.41, 5.74) is 0. The first-order valence-corrected chi connectivity index (χ1v) is 14.1. The van der Waals surface area contributed by atoms with Gasteiger partial charge in [-0.2, -0.15) is 0 Å². The van der Waals surface area contributed by atoms with Crippen molar-refractivity contribution < 1.29 is 4.12 Å². The molecule has 0 aliphatic carbocycles. The van der Waals surface area contributed by atoms with E-state index in [4.69, 9.17) is 4.12 Å². The highest BCUT2D eigenvalue weighted by molar-refractivity contribution is 14.1. The summed E-state index contributed by atoms with van der Waals surface area (Å²) < 4.78 is 8.07. The van der Waals surface area contributed by atoms with Crippen molar-refractivity contribution in [2.75, 3.05) is 0 Å². The zero-order chi connectivity index (χ0) is 12.3. The molecule has 15 heavy (non-hydrogen) atoms. The Kier molecular flexibility index (Phi) is 7.52. The maximum atomic E-state index is 6.59. The van der Waals surface area contributed by atoms with Gasteiger partial charge in [-0.05, 0) is 39.0 Å². The topological polar surface area (TPSA) is 9.23 Å². The lowest BCUT2D eigenvalue weighted by Gasteiger charge is -2.39. The molecule has 0 spiro atoms. The van der Waals surface area contributed by atoms with E-state index in [0.29, 0.717) is 0 Å². The maximum Gasteiger partial charge on any atom is 0.186 e. The van der Waals surface area contributed by atoms with E-state index in [0.717, 1.165) is 7.10 Å². The van der Waals surface area contributed by atoms with Gasteiger partial charge >= 0.3 is 0 Å². The van der Waals surface area contributed by atoms with E-state index >= 15 is 0 Å². The molecular weight excluding hydrogens is 446 g/mol. The lowest BCUT2D eigenvalue weighted by molar-refractivity contribution is 0.532. The van der Waals surface area contributed by atoms with Crippen LogP contribution in [0.25, 0.3) is 0 Å². The average molecular weight is 470 g/mol. The van der Waals surface area contributed by atoms with E-state index in [1.807, 2.05) is 0 Å². The lowest BCUT2D eigenvalue weighted by atomic mass is 10.6. The van der Waals surface area contributed by atoms with Crippen molar-refractivity contribution in [3.8, 4) is 0 Å². The second kappa shape index (κ2) is 6.70. The average Bonchev–Trinajstić information content (AvgIpc) is 2.13. The Labute approximate surface area is 125 Å². The Morgan fingerprint density at radius 1 is 0.867 bits per heavy atom. The normalized spacial score (nSPS) is 17.6. The zero-order valence-corrected chi connectivity index (χ0v) is 17.0. The summed E-state index contributed by atoms with van der Waals surface area (Å²) in [5.74, 6) is 0. The summed E-state index contributed by atoms with van der Waals surface area (Å²) in [6.45, 7) is 14.0. The molecule has 0 radical (unpaired) electrons. The molecule has 0 aromatic carbocycles.